The predicted octanol–water partition coefficient (Wildman–Crippen LogP) is 0.750. The first kappa shape index (κ1) is 12.1. The topological polar surface area (TPSA) is 93.1 Å². The number of rotatable bonds is 2. The van der Waals surface area contributed by atoms with Crippen LogP contribution in [0, 0.1) is 0 Å². The van der Waals surface area contributed by atoms with Gasteiger partial charge in [-0.15, -0.1) is 0 Å². The van der Waals surface area contributed by atoms with Crippen molar-refractivity contribution in [1.29, 1.82) is 0 Å². The molecule has 0 aromatic rings. The lowest BCUT2D eigenvalue weighted by Gasteiger charge is -2.16. The van der Waals surface area contributed by atoms with Crippen molar-refractivity contribution >= 4 is 11.9 Å². The first-order valence-corrected chi connectivity index (χ1v) is 4.54. The predicted molar refractivity (Wildman–Crippen MR) is 52.6 cm³/mol. The zero-order valence-electron chi connectivity index (χ0n) is 8.94. The van der Waals surface area contributed by atoms with Gasteiger partial charge in [0.25, 0.3) is 0 Å². The average Bonchev–Trinajstić information content (AvgIpc) is 2.30. The van der Waals surface area contributed by atoms with Crippen molar-refractivity contribution in [2.24, 2.45) is 0 Å². The minimum atomic E-state index is -0.729. The molecule has 0 radical (unpaired) electrons. The van der Waals surface area contributed by atoms with E-state index in [0.29, 0.717) is 0 Å². The summed E-state index contributed by atoms with van der Waals surface area (Å²) in [7, 11) is 2.33. The van der Waals surface area contributed by atoms with Gasteiger partial charge >= 0.3 is 11.9 Å². The molecule has 2 N–H and O–H groups in total. The Morgan fingerprint density at radius 1 is 0.938 bits per heavy atom. The fourth-order valence-corrected chi connectivity index (χ4v) is 1.42. The van der Waals surface area contributed by atoms with E-state index in [4.69, 9.17) is 0 Å². The van der Waals surface area contributed by atoms with Gasteiger partial charge in [-0.05, 0) is 12.8 Å². The van der Waals surface area contributed by atoms with E-state index < -0.39 is 23.5 Å². The number of methoxy groups -OCH3 is 2. The number of carbonyl (C=O) groups is 2. The highest BCUT2D eigenvalue weighted by atomic mass is 16.5. The second-order valence-electron chi connectivity index (χ2n) is 3.14. The Morgan fingerprint density at radius 2 is 1.25 bits per heavy atom. The van der Waals surface area contributed by atoms with Crippen molar-refractivity contribution < 1.29 is 29.3 Å². The molecular formula is C10H12O6. The minimum absolute atomic E-state index is 0.0485. The molecule has 6 heteroatoms. The summed E-state index contributed by atoms with van der Waals surface area (Å²) in [5, 5.41) is 19.0. The highest BCUT2D eigenvalue weighted by Gasteiger charge is 2.29. The van der Waals surface area contributed by atoms with Crippen molar-refractivity contribution in [2.45, 2.75) is 12.8 Å². The van der Waals surface area contributed by atoms with Gasteiger partial charge in [-0.3, -0.25) is 0 Å². The van der Waals surface area contributed by atoms with Crippen molar-refractivity contribution in [2.75, 3.05) is 14.2 Å². The Morgan fingerprint density at radius 3 is 1.50 bits per heavy atom. The summed E-state index contributed by atoms with van der Waals surface area (Å²) in [5.41, 5.74) is -0.0969. The molecule has 0 fully saturated rings. The van der Waals surface area contributed by atoms with Crippen LogP contribution in [0.15, 0.2) is 22.7 Å². The normalized spacial score (nSPS) is 16.1. The van der Waals surface area contributed by atoms with Crippen LogP contribution < -0.4 is 0 Å². The van der Waals surface area contributed by atoms with Gasteiger partial charge in [-0.1, -0.05) is 0 Å². The Bertz CT molecular complexity index is 352. The molecule has 0 aliphatic heterocycles. The van der Waals surface area contributed by atoms with E-state index in [1.807, 2.05) is 0 Å². The Kier molecular flexibility index (Phi) is 3.55. The molecule has 0 saturated carbocycles. The molecule has 0 atom stereocenters. The summed E-state index contributed by atoms with van der Waals surface area (Å²) in [6, 6.07) is 0. The SMILES string of the molecule is COC(=O)C1=C(O)C(O)=C(C(=O)OC)CC1. The zero-order chi connectivity index (χ0) is 12.3. The quantitative estimate of drug-likeness (QED) is 0.677. The number of carbonyl (C=O) groups excluding carboxylic acids is 2. The van der Waals surface area contributed by atoms with Gasteiger partial charge in [-0.25, -0.2) is 9.59 Å². The molecule has 1 aliphatic rings. The monoisotopic (exact) mass is 228 g/mol. The summed E-state index contributed by atoms with van der Waals surface area (Å²) in [5.74, 6) is -2.71. The smallest absolute Gasteiger partial charge is 0.337 e. The number of aliphatic hydroxyl groups is 2. The van der Waals surface area contributed by atoms with E-state index in [0.717, 1.165) is 0 Å². The molecule has 0 saturated heterocycles. The number of hydrogen-bond acceptors (Lipinski definition) is 6. The first-order valence-electron chi connectivity index (χ1n) is 4.54. The van der Waals surface area contributed by atoms with E-state index in [1.165, 1.54) is 14.2 Å². The van der Waals surface area contributed by atoms with Crippen LogP contribution in [0.3, 0.4) is 0 Å². The molecule has 0 unspecified atom stereocenters. The van der Waals surface area contributed by atoms with Crippen LogP contribution >= 0.6 is 0 Å². The Labute approximate surface area is 91.8 Å². The highest BCUT2D eigenvalue weighted by molar-refractivity contribution is 5.94. The number of hydrogen-bond donors (Lipinski definition) is 2. The molecule has 0 bridgehead atoms. The molecule has 0 aromatic heterocycles. The third kappa shape index (κ3) is 2.00. The third-order valence-electron chi connectivity index (χ3n) is 2.28. The molecule has 0 spiro atoms. The van der Waals surface area contributed by atoms with Gasteiger partial charge < -0.3 is 19.7 Å². The largest absolute Gasteiger partial charge is 0.504 e. The second-order valence-corrected chi connectivity index (χ2v) is 3.14. The van der Waals surface area contributed by atoms with Gasteiger partial charge in [0.05, 0.1) is 25.4 Å². The lowest BCUT2D eigenvalue weighted by atomic mass is 9.95. The van der Waals surface area contributed by atoms with Gasteiger partial charge in [0.1, 0.15) is 0 Å². The summed E-state index contributed by atoms with van der Waals surface area (Å²) >= 11 is 0. The Hall–Kier alpha value is -1.98. The fraction of sp³-hybridized carbons (Fsp3) is 0.400. The highest BCUT2D eigenvalue weighted by Crippen LogP contribution is 2.28. The van der Waals surface area contributed by atoms with Gasteiger partial charge in [0.2, 0.25) is 0 Å². The van der Waals surface area contributed by atoms with Gasteiger partial charge in [-0.2, -0.15) is 0 Å². The maximum atomic E-state index is 11.2. The summed E-state index contributed by atoms with van der Waals surface area (Å²) in [6.07, 6.45) is 0.236. The lowest BCUT2D eigenvalue weighted by Crippen LogP contribution is -2.18. The fourth-order valence-electron chi connectivity index (χ4n) is 1.42. The van der Waals surface area contributed by atoms with Crippen molar-refractivity contribution in [3.05, 3.63) is 22.7 Å². The Balaban J connectivity index is 3.13. The molecule has 1 rings (SSSR count). The van der Waals surface area contributed by atoms with Crippen molar-refractivity contribution in [3.8, 4) is 0 Å². The maximum absolute atomic E-state index is 11.2. The summed E-state index contributed by atoms with van der Waals surface area (Å²) in [6.45, 7) is 0. The number of ether oxygens (including phenoxy) is 2. The molecular weight excluding hydrogens is 216 g/mol. The summed E-state index contributed by atoms with van der Waals surface area (Å²) < 4.78 is 8.85. The van der Waals surface area contributed by atoms with E-state index in [9.17, 15) is 19.8 Å². The van der Waals surface area contributed by atoms with Crippen LogP contribution in [0.5, 0.6) is 0 Å². The van der Waals surface area contributed by atoms with Crippen LogP contribution in [-0.4, -0.2) is 36.4 Å². The van der Waals surface area contributed by atoms with Crippen LogP contribution in [0.2, 0.25) is 0 Å². The average molecular weight is 228 g/mol. The van der Waals surface area contributed by atoms with E-state index in [2.05, 4.69) is 9.47 Å². The van der Waals surface area contributed by atoms with E-state index in [1.54, 1.807) is 0 Å². The third-order valence-corrected chi connectivity index (χ3v) is 2.28. The van der Waals surface area contributed by atoms with Crippen LogP contribution in [0.4, 0.5) is 0 Å². The molecule has 88 valence electrons. The van der Waals surface area contributed by atoms with Crippen LogP contribution in [0.25, 0.3) is 0 Å². The zero-order valence-corrected chi connectivity index (χ0v) is 8.94. The number of esters is 2. The van der Waals surface area contributed by atoms with Crippen molar-refractivity contribution in [1.82, 2.24) is 0 Å². The summed E-state index contributed by atoms with van der Waals surface area (Å²) in [4.78, 5) is 22.4. The molecule has 0 heterocycles. The molecule has 16 heavy (non-hydrogen) atoms. The molecule has 0 aromatic carbocycles. The molecule has 0 amide bonds. The van der Waals surface area contributed by atoms with Gasteiger partial charge in [0.15, 0.2) is 11.5 Å². The molecule has 6 nitrogen and oxygen atoms in total. The molecule has 1 aliphatic carbocycles. The standard InChI is InChI=1S/C10H12O6/c1-15-9(13)5-3-4-6(10(14)16-2)8(12)7(5)11/h11-12H,3-4H2,1-2H3. The van der Waals surface area contributed by atoms with E-state index in [-0.39, 0.29) is 24.0 Å². The first-order chi connectivity index (χ1) is 7.52. The van der Waals surface area contributed by atoms with Crippen LogP contribution in [0.1, 0.15) is 12.8 Å². The van der Waals surface area contributed by atoms with Gasteiger partial charge in [0, 0.05) is 0 Å². The van der Waals surface area contributed by atoms with Crippen LogP contribution in [-0.2, 0) is 19.1 Å². The van der Waals surface area contributed by atoms with E-state index >= 15 is 0 Å². The minimum Gasteiger partial charge on any atom is -0.504 e. The maximum Gasteiger partial charge on any atom is 0.337 e. The second kappa shape index (κ2) is 4.69. The lowest BCUT2D eigenvalue weighted by molar-refractivity contribution is -0.138. The number of aliphatic hydroxyl groups excluding tert-OH is 2. The van der Waals surface area contributed by atoms with Crippen molar-refractivity contribution in [3.63, 3.8) is 0 Å².